The summed E-state index contributed by atoms with van der Waals surface area (Å²) < 4.78 is 5.92. The number of thiophene rings is 1. The maximum atomic E-state index is 12.7. The summed E-state index contributed by atoms with van der Waals surface area (Å²) in [6.45, 7) is 0. The monoisotopic (exact) mass is 469 g/mol. The number of ether oxygens (including phenoxy) is 1. The van der Waals surface area contributed by atoms with E-state index in [9.17, 15) is 9.59 Å². The number of carbonyl (C=O) groups excluding carboxylic acids is 2. The molecule has 0 atom stereocenters. The quantitative estimate of drug-likeness (QED) is 0.469. The smallest absolute Gasteiger partial charge is 0.341 e. The van der Waals surface area contributed by atoms with E-state index in [2.05, 4.69) is 39.4 Å². The van der Waals surface area contributed by atoms with Gasteiger partial charge in [-0.15, -0.1) is 11.3 Å². The van der Waals surface area contributed by atoms with Crippen LogP contribution in [-0.4, -0.2) is 19.0 Å². The van der Waals surface area contributed by atoms with Crippen LogP contribution in [0.15, 0.2) is 52.3 Å². The van der Waals surface area contributed by atoms with Gasteiger partial charge in [0.25, 0.3) is 5.91 Å². The molecule has 3 aromatic rings. The second-order valence-electron chi connectivity index (χ2n) is 7.00. The lowest BCUT2D eigenvalue weighted by Crippen LogP contribution is -2.14. The van der Waals surface area contributed by atoms with E-state index >= 15 is 0 Å². The average molecular weight is 470 g/mol. The third-order valence-corrected chi connectivity index (χ3v) is 6.60. The fourth-order valence-electron chi connectivity index (χ4n) is 3.64. The van der Waals surface area contributed by atoms with Gasteiger partial charge in [0.1, 0.15) is 10.6 Å². The minimum atomic E-state index is -0.454. The van der Waals surface area contributed by atoms with Crippen LogP contribution in [0.2, 0.25) is 0 Å². The summed E-state index contributed by atoms with van der Waals surface area (Å²) in [5.74, 6) is -0.716. The number of methoxy groups -OCH3 is 1. The predicted molar refractivity (Wildman–Crippen MR) is 120 cm³/mol. The number of hydrogen-bond donors (Lipinski definition) is 1. The molecule has 1 amide bonds. The number of anilines is 1. The van der Waals surface area contributed by atoms with Crippen LogP contribution < -0.4 is 5.32 Å². The summed E-state index contributed by atoms with van der Waals surface area (Å²) in [7, 11) is 1.36. The maximum absolute atomic E-state index is 12.7. The molecule has 1 aliphatic rings. The van der Waals surface area contributed by atoms with E-state index in [1.54, 1.807) is 12.1 Å². The van der Waals surface area contributed by atoms with Gasteiger partial charge in [0, 0.05) is 21.0 Å². The summed E-state index contributed by atoms with van der Waals surface area (Å²) in [4.78, 5) is 25.2. The Morgan fingerprint density at radius 1 is 1.03 bits per heavy atom. The highest BCUT2D eigenvalue weighted by Crippen LogP contribution is 2.38. The molecular weight excluding hydrogens is 450 g/mol. The number of halogens is 1. The van der Waals surface area contributed by atoms with E-state index in [-0.39, 0.29) is 5.91 Å². The lowest BCUT2D eigenvalue weighted by Gasteiger charge is -2.16. The molecule has 4 nitrogen and oxygen atoms in total. The van der Waals surface area contributed by atoms with Crippen LogP contribution in [0.4, 0.5) is 5.00 Å². The minimum Gasteiger partial charge on any atom is -0.465 e. The van der Waals surface area contributed by atoms with Gasteiger partial charge < -0.3 is 10.1 Å². The normalized spacial score (nSPS) is 12.9. The second-order valence-corrected chi connectivity index (χ2v) is 8.79. The molecule has 0 aliphatic heterocycles. The lowest BCUT2D eigenvalue weighted by atomic mass is 9.89. The topological polar surface area (TPSA) is 55.4 Å². The van der Waals surface area contributed by atoms with Crippen molar-refractivity contribution < 1.29 is 14.3 Å². The summed E-state index contributed by atoms with van der Waals surface area (Å²) in [6.07, 6.45) is 4.59. The number of aryl methyl sites for hydroxylation is 2. The molecule has 29 heavy (non-hydrogen) atoms. The Morgan fingerprint density at radius 3 is 2.48 bits per heavy atom. The Hall–Kier alpha value is -2.44. The molecule has 1 heterocycles. The van der Waals surface area contributed by atoms with Crippen molar-refractivity contribution in [2.75, 3.05) is 12.4 Å². The fraction of sp³-hybridized carbons (Fsp3) is 0.217. The van der Waals surface area contributed by atoms with Gasteiger partial charge in [-0.2, -0.15) is 0 Å². The number of nitrogens with one attached hydrogen (secondary N) is 1. The average Bonchev–Trinajstić information content (AvgIpc) is 3.16. The molecular formula is C23H20BrNO3S. The Balaban J connectivity index is 1.69. The van der Waals surface area contributed by atoms with Gasteiger partial charge in [-0.05, 0) is 66.6 Å². The summed E-state index contributed by atoms with van der Waals surface area (Å²) in [5, 5.41) is 5.29. The van der Waals surface area contributed by atoms with Gasteiger partial charge in [0.2, 0.25) is 0 Å². The van der Waals surface area contributed by atoms with E-state index in [0.717, 1.165) is 28.4 Å². The van der Waals surface area contributed by atoms with Crippen molar-refractivity contribution in [2.24, 2.45) is 0 Å². The lowest BCUT2D eigenvalue weighted by molar-refractivity contribution is 0.0603. The minimum absolute atomic E-state index is 0.263. The molecule has 2 aromatic carbocycles. The van der Waals surface area contributed by atoms with Crippen molar-refractivity contribution in [3.63, 3.8) is 0 Å². The molecule has 1 N–H and O–H groups in total. The van der Waals surface area contributed by atoms with Crippen molar-refractivity contribution in [3.8, 4) is 11.1 Å². The Labute approximate surface area is 182 Å². The number of amides is 1. The summed E-state index contributed by atoms with van der Waals surface area (Å²) in [6, 6.07) is 13.5. The second kappa shape index (κ2) is 8.51. The van der Waals surface area contributed by atoms with Gasteiger partial charge in [-0.3, -0.25) is 4.79 Å². The standard InChI is InChI=1S/C23H20BrNO3S/c1-28-23(27)20-19(17-7-6-14-4-2-3-5-16(14)12-17)13-29-22(20)25-21(26)15-8-10-18(24)11-9-15/h6-13H,2-5H2,1H3,(H,25,26). The molecule has 0 unspecified atom stereocenters. The highest BCUT2D eigenvalue weighted by Gasteiger charge is 2.23. The number of esters is 1. The molecule has 1 aliphatic carbocycles. The molecule has 0 saturated heterocycles. The van der Waals surface area contributed by atoms with Crippen molar-refractivity contribution in [1.82, 2.24) is 0 Å². The fourth-order valence-corrected chi connectivity index (χ4v) is 4.86. The Bertz CT molecular complexity index is 1070. The first kappa shape index (κ1) is 19.9. The van der Waals surface area contributed by atoms with E-state index in [0.29, 0.717) is 16.1 Å². The number of carbonyl (C=O) groups is 2. The molecule has 0 saturated carbocycles. The third kappa shape index (κ3) is 4.14. The van der Waals surface area contributed by atoms with Gasteiger partial charge >= 0.3 is 5.97 Å². The first-order chi connectivity index (χ1) is 14.1. The van der Waals surface area contributed by atoms with E-state index in [1.165, 1.54) is 42.4 Å². The van der Waals surface area contributed by atoms with Crippen LogP contribution in [-0.2, 0) is 17.6 Å². The van der Waals surface area contributed by atoms with E-state index < -0.39 is 5.97 Å². The SMILES string of the molecule is COC(=O)c1c(-c2ccc3c(c2)CCCC3)csc1NC(=O)c1ccc(Br)cc1. The first-order valence-corrected chi connectivity index (χ1v) is 11.1. The molecule has 0 radical (unpaired) electrons. The molecule has 4 rings (SSSR count). The van der Waals surface area contributed by atoms with Crippen LogP contribution >= 0.6 is 27.3 Å². The molecule has 0 bridgehead atoms. The number of rotatable bonds is 4. The number of fused-ring (bicyclic) bond motifs is 1. The molecule has 148 valence electrons. The summed E-state index contributed by atoms with van der Waals surface area (Å²) >= 11 is 4.70. The largest absolute Gasteiger partial charge is 0.465 e. The van der Waals surface area contributed by atoms with Crippen LogP contribution in [0.5, 0.6) is 0 Å². The number of benzene rings is 2. The third-order valence-electron chi connectivity index (χ3n) is 5.17. The van der Waals surface area contributed by atoms with E-state index in [1.807, 2.05) is 17.5 Å². The van der Waals surface area contributed by atoms with Gasteiger partial charge in [0.05, 0.1) is 7.11 Å². The molecule has 0 fully saturated rings. The van der Waals surface area contributed by atoms with Crippen molar-refractivity contribution in [1.29, 1.82) is 0 Å². The van der Waals surface area contributed by atoms with Gasteiger partial charge in [-0.25, -0.2) is 4.79 Å². The van der Waals surface area contributed by atoms with E-state index in [4.69, 9.17) is 4.74 Å². The highest BCUT2D eigenvalue weighted by molar-refractivity contribution is 9.10. The first-order valence-electron chi connectivity index (χ1n) is 9.45. The molecule has 0 spiro atoms. The zero-order valence-electron chi connectivity index (χ0n) is 16.0. The number of hydrogen-bond acceptors (Lipinski definition) is 4. The van der Waals surface area contributed by atoms with Crippen molar-refractivity contribution in [2.45, 2.75) is 25.7 Å². The zero-order chi connectivity index (χ0) is 20.4. The Kier molecular flexibility index (Phi) is 5.83. The zero-order valence-corrected chi connectivity index (χ0v) is 18.4. The highest BCUT2D eigenvalue weighted by atomic mass is 79.9. The van der Waals surface area contributed by atoms with Crippen LogP contribution in [0, 0.1) is 0 Å². The van der Waals surface area contributed by atoms with Crippen LogP contribution in [0.3, 0.4) is 0 Å². The molecule has 6 heteroatoms. The van der Waals surface area contributed by atoms with Gasteiger partial charge in [0.15, 0.2) is 0 Å². The summed E-state index contributed by atoms with van der Waals surface area (Å²) in [5.41, 5.74) is 5.43. The van der Waals surface area contributed by atoms with Crippen LogP contribution in [0.25, 0.3) is 11.1 Å². The molecule has 1 aromatic heterocycles. The van der Waals surface area contributed by atoms with Crippen molar-refractivity contribution in [3.05, 3.63) is 74.6 Å². The van der Waals surface area contributed by atoms with Crippen molar-refractivity contribution >= 4 is 44.1 Å². The predicted octanol–water partition coefficient (Wildman–Crippen LogP) is 6.10. The Morgan fingerprint density at radius 2 is 1.76 bits per heavy atom. The van der Waals surface area contributed by atoms with Crippen LogP contribution in [0.1, 0.15) is 44.7 Å². The maximum Gasteiger partial charge on any atom is 0.341 e. The van der Waals surface area contributed by atoms with Gasteiger partial charge in [-0.1, -0.05) is 34.1 Å².